The molecule has 3 nitrogen and oxygen atoms in total. The van der Waals surface area contributed by atoms with Gasteiger partial charge in [-0.1, -0.05) is 44.7 Å². The summed E-state index contributed by atoms with van der Waals surface area (Å²) in [5.41, 5.74) is 1.12. The highest BCUT2D eigenvalue weighted by atomic mass is 16.5. The topological polar surface area (TPSA) is 38.7 Å². The van der Waals surface area contributed by atoms with Crippen molar-refractivity contribution in [3.8, 4) is 18.1 Å². The van der Waals surface area contributed by atoms with Crippen LogP contribution in [0.5, 0.6) is 5.75 Å². The number of hydrogen-bond donors (Lipinski definition) is 1. The number of terminal acetylenes is 1. The van der Waals surface area contributed by atoms with Crippen LogP contribution in [0.3, 0.4) is 0 Å². The first-order valence-corrected chi connectivity index (χ1v) is 8.56. The minimum atomic E-state index is -0.215. The van der Waals surface area contributed by atoms with Gasteiger partial charge < -0.3 is 14.6 Å². The fraction of sp³-hybridized carbons (Fsp3) is 0.600. The lowest BCUT2D eigenvalue weighted by molar-refractivity contribution is -0.0402. The number of hydrogen-bond acceptors (Lipinski definition) is 3. The Kier molecular flexibility index (Phi) is 10.2. The Labute approximate surface area is 141 Å². The van der Waals surface area contributed by atoms with Gasteiger partial charge in [0.25, 0.3) is 0 Å². The first kappa shape index (κ1) is 19.5. The summed E-state index contributed by atoms with van der Waals surface area (Å²) in [7, 11) is 1.65. The number of benzene rings is 1. The normalized spacial score (nSPS) is 13.3. The van der Waals surface area contributed by atoms with Gasteiger partial charge in [-0.2, -0.15) is 0 Å². The molecule has 0 radical (unpaired) electrons. The van der Waals surface area contributed by atoms with Crippen LogP contribution in [0.1, 0.15) is 51.0 Å². The number of aliphatic hydroxyl groups excluding tert-OH is 1. The maximum Gasteiger partial charge on any atom is 0.118 e. The number of ether oxygens (including phenoxy) is 2. The third-order valence-electron chi connectivity index (χ3n) is 3.94. The highest BCUT2D eigenvalue weighted by Crippen LogP contribution is 2.17. The van der Waals surface area contributed by atoms with E-state index in [0.29, 0.717) is 12.8 Å². The number of unbranched alkanes of at least 4 members (excludes halogenated alkanes) is 3. The van der Waals surface area contributed by atoms with Gasteiger partial charge in [0.15, 0.2) is 0 Å². The van der Waals surface area contributed by atoms with E-state index in [0.717, 1.165) is 24.2 Å². The van der Waals surface area contributed by atoms with Crippen LogP contribution < -0.4 is 4.74 Å². The fourth-order valence-corrected chi connectivity index (χ4v) is 2.60. The molecule has 23 heavy (non-hydrogen) atoms. The highest BCUT2D eigenvalue weighted by Gasteiger charge is 2.16. The predicted octanol–water partition coefficient (Wildman–Crippen LogP) is 3.98. The van der Waals surface area contributed by atoms with E-state index in [1.54, 1.807) is 7.11 Å². The molecular formula is C20H30O3. The molecule has 0 aliphatic rings. The molecule has 0 unspecified atom stereocenters. The summed E-state index contributed by atoms with van der Waals surface area (Å²) in [6.07, 6.45) is 12.3. The van der Waals surface area contributed by atoms with Crippen LogP contribution in [0, 0.1) is 12.3 Å². The molecule has 0 aromatic heterocycles. The Morgan fingerprint density at radius 2 is 1.87 bits per heavy atom. The summed E-state index contributed by atoms with van der Waals surface area (Å²) in [6, 6.07) is 7.85. The molecule has 0 bridgehead atoms. The molecule has 1 aromatic carbocycles. The second kappa shape index (κ2) is 12.0. The van der Waals surface area contributed by atoms with E-state index in [4.69, 9.17) is 15.9 Å². The van der Waals surface area contributed by atoms with Crippen molar-refractivity contribution in [1.29, 1.82) is 0 Å². The van der Waals surface area contributed by atoms with Gasteiger partial charge in [-0.3, -0.25) is 0 Å². The average molecular weight is 318 g/mol. The van der Waals surface area contributed by atoms with E-state index in [1.807, 2.05) is 24.3 Å². The van der Waals surface area contributed by atoms with Gasteiger partial charge in [0.1, 0.15) is 5.75 Å². The molecule has 0 fully saturated rings. The van der Waals surface area contributed by atoms with Crippen molar-refractivity contribution in [2.75, 3.05) is 13.7 Å². The van der Waals surface area contributed by atoms with E-state index >= 15 is 0 Å². The number of rotatable bonds is 12. The van der Waals surface area contributed by atoms with Crippen LogP contribution in [0.4, 0.5) is 0 Å². The summed E-state index contributed by atoms with van der Waals surface area (Å²) in [5, 5.41) is 9.61. The Bertz CT molecular complexity index is 447. The maximum atomic E-state index is 9.61. The molecule has 2 atom stereocenters. The first-order chi connectivity index (χ1) is 11.2. The van der Waals surface area contributed by atoms with E-state index in [-0.39, 0.29) is 18.8 Å². The highest BCUT2D eigenvalue weighted by molar-refractivity contribution is 5.27. The fourth-order valence-electron chi connectivity index (χ4n) is 2.60. The van der Waals surface area contributed by atoms with Crippen LogP contribution in [-0.2, 0) is 11.2 Å². The maximum absolute atomic E-state index is 9.61. The summed E-state index contributed by atoms with van der Waals surface area (Å²) < 4.78 is 11.2. The van der Waals surface area contributed by atoms with Crippen molar-refractivity contribution in [3.63, 3.8) is 0 Å². The van der Waals surface area contributed by atoms with Gasteiger partial charge >= 0.3 is 0 Å². The average Bonchev–Trinajstić information content (AvgIpc) is 2.58. The van der Waals surface area contributed by atoms with E-state index in [9.17, 15) is 5.11 Å². The van der Waals surface area contributed by atoms with Crippen molar-refractivity contribution < 1.29 is 14.6 Å². The SMILES string of the molecule is C#CC[C@H](CCCCCC)O[C@H](CO)Cc1ccc(OC)cc1. The predicted molar refractivity (Wildman–Crippen MR) is 94.7 cm³/mol. The quantitative estimate of drug-likeness (QED) is 0.468. The molecule has 0 amide bonds. The van der Waals surface area contributed by atoms with Crippen LogP contribution >= 0.6 is 0 Å². The third-order valence-corrected chi connectivity index (χ3v) is 3.94. The molecule has 0 saturated heterocycles. The van der Waals surface area contributed by atoms with Crippen LogP contribution in [-0.4, -0.2) is 31.0 Å². The zero-order chi connectivity index (χ0) is 16.9. The van der Waals surface area contributed by atoms with Gasteiger partial charge in [0.05, 0.1) is 25.9 Å². The minimum Gasteiger partial charge on any atom is -0.497 e. The Morgan fingerprint density at radius 1 is 1.13 bits per heavy atom. The van der Waals surface area contributed by atoms with Crippen molar-refractivity contribution in [2.45, 2.75) is 64.1 Å². The smallest absolute Gasteiger partial charge is 0.118 e. The van der Waals surface area contributed by atoms with E-state index in [1.165, 1.54) is 19.3 Å². The minimum absolute atomic E-state index is 0.00204. The van der Waals surface area contributed by atoms with Gasteiger partial charge in [-0.15, -0.1) is 12.3 Å². The molecule has 1 rings (SSSR count). The van der Waals surface area contributed by atoms with Gasteiger partial charge in [-0.25, -0.2) is 0 Å². The molecule has 0 spiro atoms. The first-order valence-electron chi connectivity index (χ1n) is 8.56. The Balaban J connectivity index is 2.50. The molecule has 0 heterocycles. The summed E-state index contributed by atoms with van der Waals surface area (Å²) in [6.45, 7) is 2.20. The Morgan fingerprint density at radius 3 is 2.43 bits per heavy atom. The lowest BCUT2D eigenvalue weighted by atomic mass is 10.1. The second-order valence-electron chi connectivity index (χ2n) is 5.87. The van der Waals surface area contributed by atoms with Gasteiger partial charge in [0, 0.05) is 12.8 Å². The standard InChI is InChI=1S/C20H30O3/c1-4-6-7-8-10-19(9-5-2)23-20(16-21)15-17-11-13-18(22-3)14-12-17/h2,11-14,19-21H,4,6-10,15-16H2,1,3H3/t19-,20+/m1/s1. The molecule has 0 aliphatic carbocycles. The lowest BCUT2D eigenvalue weighted by Gasteiger charge is -2.23. The third kappa shape index (κ3) is 8.06. The van der Waals surface area contributed by atoms with Gasteiger partial charge in [-0.05, 0) is 24.1 Å². The van der Waals surface area contributed by atoms with Crippen molar-refractivity contribution >= 4 is 0 Å². The van der Waals surface area contributed by atoms with Crippen LogP contribution in [0.15, 0.2) is 24.3 Å². The molecule has 0 aliphatic heterocycles. The molecule has 128 valence electrons. The van der Waals surface area contributed by atoms with E-state index < -0.39 is 0 Å². The van der Waals surface area contributed by atoms with Gasteiger partial charge in [0.2, 0.25) is 0 Å². The molecule has 1 N–H and O–H groups in total. The largest absolute Gasteiger partial charge is 0.497 e. The van der Waals surface area contributed by atoms with Crippen molar-refractivity contribution in [1.82, 2.24) is 0 Å². The zero-order valence-electron chi connectivity index (χ0n) is 14.5. The Hall–Kier alpha value is -1.50. The number of methoxy groups -OCH3 is 1. The van der Waals surface area contributed by atoms with E-state index in [2.05, 4.69) is 12.8 Å². The lowest BCUT2D eigenvalue weighted by Crippen LogP contribution is -2.27. The van der Waals surface area contributed by atoms with Crippen molar-refractivity contribution in [2.24, 2.45) is 0 Å². The van der Waals surface area contributed by atoms with Crippen LogP contribution in [0.25, 0.3) is 0 Å². The van der Waals surface area contributed by atoms with Crippen LogP contribution in [0.2, 0.25) is 0 Å². The molecular weight excluding hydrogens is 288 g/mol. The zero-order valence-corrected chi connectivity index (χ0v) is 14.5. The second-order valence-corrected chi connectivity index (χ2v) is 5.87. The van der Waals surface area contributed by atoms with Crippen molar-refractivity contribution in [3.05, 3.63) is 29.8 Å². The summed E-state index contributed by atoms with van der Waals surface area (Å²) >= 11 is 0. The number of aliphatic hydroxyl groups is 1. The summed E-state index contributed by atoms with van der Waals surface area (Å²) in [4.78, 5) is 0. The monoisotopic (exact) mass is 318 g/mol. The summed E-state index contributed by atoms with van der Waals surface area (Å²) in [5.74, 6) is 3.52. The molecule has 3 heteroatoms. The molecule has 0 saturated carbocycles. The molecule has 1 aromatic rings.